The molecule has 5 heteroatoms. The number of piperidine rings is 1. The highest BCUT2D eigenvalue weighted by Crippen LogP contribution is 2.33. The van der Waals surface area contributed by atoms with Crippen LogP contribution in [0.5, 0.6) is 0 Å². The number of hydrogen-bond acceptors (Lipinski definition) is 3. The number of benzene rings is 1. The van der Waals surface area contributed by atoms with Gasteiger partial charge < -0.3 is 9.47 Å². The molecule has 5 rings (SSSR count). The average molecular weight is 465 g/mol. The average Bonchev–Trinajstić information content (AvgIpc) is 3.24. The summed E-state index contributed by atoms with van der Waals surface area (Å²) >= 11 is 0. The Morgan fingerprint density at radius 2 is 1.50 bits per heavy atom. The molecule has 0 unspecified atom stereocenters. The number of likely N-dealkylation sites (tertiary alicyclic amines) is 1. The zero-order valence-electron chi connectivity index (χ0n) is 21.4. The van der Waals surface area contributed by atoms with Crippen LogP contribution in [0.2, 0.25) is 0 Å². The summed E-state index contributed by atoms with van der Waals surface area (Å²) in [5.41, 5.74) is 2.32. The van der Waals surface area contributed by atoms with Crippen molar-refractivity contribution in [1.29, 1.82) is 0 Å². The minimum absolute atomic E-state index is 0.212. The van der Waals surface area contributed by atoms with Crippen molar-refractivity contribution in [2.75, 3.05) is 13.1 Å². The van der Waals surface area contributed by atoms with E-state index in [0.717, 1.165) is 43.8 Å². The van der Waals surface area contributed by atoms with Crippen LogP contribution in [0, 0.1) is 5.92 Å². The summed E-state index contributed by atoms with van der Waals surface area (Å²) in [4.78, 5) is 23.9. The van der Waals surface area contributed by atoms with Gasteiger partial charge in [0.15, 0.2) is 0 Å². The number of nitrogens with zero attached hydrogens (tertiary/aromatic N) is 4. The lowest BCUT2D eigenvalue weighted by molar-refractivity contribution is -0.144. The van der Waals surface area contributed by atoms with Crippen LogP contribution in [0.3, 0.4) is 0 Å². The fraction of sp³-hybridized carbons (Fsp3) is 0.724. The predicted octanol–water partition coefficient (Wildman–Crippen LogP) is 6.32. The Labute approximate surface area is 205 Å². The normalized spacial score (nSPS) is 22.0. The van der Waals surface area contributed by atoms with Gasteiger partial charge in [-0.15, -0.1) is 0 Å². The van der Waals surface area contributed by atoms with Gasteiger partial charge in [-0.3, -0.25) is 9.69 Å². The number of carbonyl (C=O) groups excluding carboxylic acids is 1. The van der Waals surface area contributed by atoms with Gasteiger partial charge >= 0.3 is 0 Å². The molecule has 1 saturated heterocycles. The number of rotatable bonds is 6. The van der Waals surface area contributed by atoms with Crippen LogP contribution in [0.25, 0.3) is 11.0 Å². The topological polar surface area (TPSA) is 41.4 Å². The highest BCUT2D eigenvalue weighted by Gasteiger charge is 2.37. The number of imidazole rings is 1. The number of fused-ring (bicyclic) bond motifs is 1. The number of hydrogen-bond donors (Lipinski definition) is 0. The lowest BCUT2D eigenvalue weighted by atomic mass is 9.86. The standard InChI is InChI=1S/C29H44N4O/c1-22(2)32-27-16-10-9-15-26(27)30-28(32)21-31-19-17-23(18-20-31)29(34)33(24-11-5-3-6-12-24)25-13-7-4-8-14-25/h9-10,15-16,22-25H,3-8,11-14,17-21H2,1-2H3. The van der Waals surface area contributed by atoms with E-state index in [4.69, 9.17) is 4.98 Å². The van der Waals surface area contributed by atoms with Crippen molar-refractivity contribution in [3.05, 3.63) is 30.1 Å². The first-order chi connectivity index (χ1) is 16.6. The maximum absolute atomic E-state index is 13.9. The van der Waals surface area contributed by atoms with Crippen molar-refractivity contribution in [1.82, 2.24) is 19.4 Å². The first kappa shape index (κ1) is 23.8. The summed E-state index contributed by atoms with van der Waals surface area (Å²) in [7, 11) is 0. The van der Waals surface area contributed by atoms with Gasteiger partial charge in [-0.2, -0.15) is 0 Å². The van der Waals surface area contributed by atoms with E-state index < -0.39 is 0 Å². The zero-order chi connectivity index (χ0) is 23.5. The van der Waals surface area contributed by atoms with Gasteiger partial charge in [-0.25, -0.2) is 4.98 Å². The predicted molar refractivity (Wildman–Crippen MR) is 139 cm³/mol. The van der Waals surface area contributed by atoms with E-state index in [-0.39, 0.29) is 5.92 Å². The van der Waals surface area contributed by atoms with Gasteiger partial charge in [-0.05, 0) is 77.6 Å². The van der Waals surface area contributed by atoms with E-state index in [1.54, 1.807) is 0 Å². The molecular weight excluding hydrogens is 420 g/mol. The van der Waals surface area contributed by atoms with Crippen molar-refractivity contribution in [3.63, 3.8) is 0 Å². The van der Waals surface area contributed by atoms with E-state index in [2.05, 4.69) is 52.5 Å². The second-order valence-corrected chi connectivity index (χ2v) is 11.4. The molecule has 2 heterocycles. The molecule has 1 aromatic carbocycles. The van der Waals surface area contributed by atoms with Crippen LogP contribution in [0.15, 0.2) is 24.3 Å². The lowest BCUT2D eigenvalue weighted by Gasteiger charge is -2.44. The maximum Gasteiger partial charge on any atom is 0.226 e. The summed E-state index contributed by atoms with van der Waals surface area (Å²) in [5.74, 6) is 1.86. The molecule has 0 bridgehead atoms. The van der Waals surface area contributed by atoms with Gasteiger partial charge in [0.2, 0.25) is 5.91 Å². The van der Waals surface area contributed by atoms with E-state index in [0.29, 0.717) is 24.0 Å². The van der Waals surface area contributed by atoms with Crippen LogP contribution >= 0.6 is 0 Å². The Morgan fingerprint density at radius 3 is 2.09 bits per heavy atom. The van der Waals surface area contributed by atoms with Gasteiger partial charge in [-0.1, -0.05) is 50.7 Å². The first-order valence-corrected chi connectivity index (χ1v) is 14.1. The van der Waals surface area contributed by atoms with Crippen molar-refractivity contribution in [2.45, 2.75) is 116 Å². The number of carbonyl (C=O) groups is 1. The van der Waals surface area contributed by atoms with Crippen LogP contribution in [-0.4, -0.2) is 50.4 Å². The van der Waals surface area contributed by atoms with E-state index in [1.165, 1.54) is 69.7 Å². The summed E-state index contributed by atoms with van der Waals surface area (Å²) in [6.07, 6.45) is 14.8. The molecule has 1 amide bonds. The van der Waals surface area contributed by atoms with Crippen LogP contribution in [-0.2, 0) is 11.3 Å². The van der Waals surface area contributed by atoms with Crippen LogP contribution in [0.1, 0.15) is 103 Å². The van der Waals surface area contributed by atoms with Gasteiger partial charge in [0, 0.05) is 24.0 Å². The van der Waals surface area contributed by atoms with Crippen molar-refractivity contribution in [3.8, 4) is 0 Å². The Morgan fingerprint density at radius 1 is 0.912 bits per heavy atom. The van der Waals surface area contributed by atoms with Crippen LogP contribution < -0.4 is 0 Å². The summed E-state index contributed by atoms with van der Waals surface area (Å²) < 4.78 is 2.39. The quantitative estimate of drug-likeness (QED) is 0.502. The van der Waals surface area contributed by atoms with Crippen LogP contribution in [0.4, 0.5) is 0 Å². The molecule has 2 aromatic rings. The molecule has 1 aromatic heterocycles. The highest BCUT2D eigenvalue weighted by molar-refractivity contribution is 5.80. The summed E-state index contributed by atoms with van der Waals surface area (Å²) in [5, 5.41) is 0. The fourth-order valence-corrected chi connectivity index (χ4v) is 6.91. The van der Waals surface area contributed by atoms with E-state index in [1.807, 2.05) is 0 Å². The first-order valence-electron chi connectivity index (χ1n) is 14.1. The SMILES string of the molecule is CC(C)n1c(CN2CCC(C(=O)N(C3CCCCC3)C3CCCCC3)CC2)nc2ccccc21. The third-order valence-corrected chi connectivity index (χ3v) is 8.68. The molecule has 34 heavy (non-hydrogen) atoms. The molecule has 0 N–H and O–H groups in total. The minimum Gasteiger partial charge on any atom is -0.336 e. The Hall–Kier alpha value is -1.88. The molecule has 0 radical (unpaired) electrons. The Balaban J connectivity index is 1.24. The molecule has 3 aliphatic rings. The van der Waals surface area contributed by atoms with E-state index in [9.17, 15) is 4.79 Å². The summed E-state index contributed by atoms with van der Waals surface area (Å²) in [6.45, 7) is 7.37. The lowest BCUT2D eigenvalue weighted by Crippen LogP contribution is -2.52. The minimum atomic E-state index is 0.212. The van der Waals surface area contributed by atoms with Gasteiger partial charge in [0.05, 0.1) is 17.6 Å². The molecule has 0 atom stereocenters. The largest absolute Gasteiger partial charge is 0.336 e. The third-order valence-electron chi connectivity index (χ3n) is 8.68. The molecule has 1 aliphatic heterocycles. The maximum atomic E-state index is 13.9. The second kappa shape index (κ2) is 10.8. The van der Waals surface area contributed by atoms with Crippen molar-refractivity contribution >= 4 is 16.9 Å². The van der Waals surface area contributed by atoms with Crippen molar-refractivity contribution < 1.29 is 4.79 Å². The Kier molecular flexibility index (Phi) is 7.58. The van der Waals surface area contributed by atoms with Gasteiger partial charge in [0.25, 0.3) is 0 Å². The monoisotopic (exact) mass is 464 g/mol. The number of aromatic nitrogens is 2. The zero-order valence-corrected chi connectivity index (χ0v) is 21.4. The molecule has 3 fully saturated rings. The summed E-state index contributed by atoms with van der Waals surface area (Å²) in [6, 6.07) is 9.89. The molecule has 2 saturated carbocycles. The molecular formula is C29H44N4O. The molecule has 5 nitrogen and oxygen atoms in total. The third kappa shape index (κ3) is 5.05. The smallest absolute Gasteiger partial charge is 0.226 e. The second-order valence-electron chi connectivity index (χ2n) is 11.4. The number of amides is 1. The molecule has 0 spiro atoms. The van der Waals surface area contributed by atoms with E-state index >= 15 is 0 Å². The number of para-hydroxylation sites is 2. The van der Waals surface area contributed by atoms with Crippen molar-refractivity contribution in [2.24, 2.45) is 5.92 Å². The van der Waals surface area contributed by atoms with Gasteiger partial charge in [0.1, 0.15) is 5.82 Å². The Bertz CT molecular complexity index is 928. The fourth-order valence-electron chi connectivity index (χ4n) is 6.91. The molecule has 2 aliphatic carbocycles. The highest BCUT2D eigenvalue weighted by atomic mass is 16.2. The molecule has 186 valence electrons.